The van der Waals surface area contributed by atoms with Crippen LogP contribution in [0.5, 0.6) is 0 Å². The lowest BCUT2D eigenvalue weighted by Crippen LogP contribution is -2.40. The Morgan fingerprint density at radius 2 is 1.86 bits per heavy atom. The molecule has 1 saturated carbocycles. The molecule has 1 aromatic rings. The summed E-state index contributed by atoms with van der Waals surface area (Å²) < 4.78 is 13.5. The molecular weight excluding hydrogens is 273 g/mol. The molecule has 3 rings (SSSR count). The van der Waals surface area contributed by atoms with E-state index in [-0.39, 0.29) is 30.1 Å². The van der Waals surface area contributed by atoms with Crippen molar-refractivity contribution < 1.29 is 19.1 Å². The predicted molar refractivity (Wildman–Crippen MR) is 73.6 cm³/mol. The minimum absolute atomic E-state index is 0.0169. The lowest BCUT2D eigenvalue weighted by atomic mass is 9.82. The van der Waals surface area contributed by atoms with Gasteiger partial charge in [0, 0.05) is 12.1 Å². The van der Waals surface area contributed by atoms with Crippen LogP contribution in [0.25, 0.3) is 0 Å². The molecule has 0 heterocycles. The van der Waals surface area contributed by atoms with Crippen LogP contribution < -0.4 is 5.32 Å². The number of fused-ring (bicyclic) bond motifs is 2. The summed E-state index contributed by atoms with van der Waals surface area (Å²) in [5.41, 5.74) is 0.399. The third-order valence-electron chi connectivity index (χ3n) is 4.46. The summed E-state index contributed by atoms with van der Waals surface area (Å²) >= 11 is 0. The average Bonchev–Trinajstić information content (AvgIpc) is 3.06. The topological polar surface area (TPSA) is 66.4 Å². The quantitative estimate of drug-likeness (QED) is 0.833. The highest BCUT2D eigenvalue weighted by Crippen LogP contribution is 2.48. The van der Waals surface area contributed by atoms with Gasteiger partial charge in [-0.25, -0.2) is 4.39 Å². The third kappa shape index (κ3) is 2.44. The Morgan fingerprint density at radius 1 is 1.19 bits per heavy atom. The molecule has 4 atom stereocenters. The Bertz CT molecular complexity index is 613. The second kappa shape index (κ2) is 5.31. The van der Waals surface area contributed by atoms with Crippen LogP contribution in [0.15, 0.2) is 36.4 Å². The molecule has 1 aromatic carbocycles. The lowest BCUT2D eigenvalue weighted by Gasteiger charge is -2.23. The van der Waals surface area contributed by atoms with E-state index < -0.39 is 17.8 Å². The smallest absolute Gasteiger partial charge is 0.307 e. The normalized spacial score (nSPS) is 29.6. The van der Waals surface area contributed by atoms with E-state index in [0.717, 1.165) is 6.42 Å². The van der Waals surface area contributed by atoms with E-state index in [2.05, 4.69) is 5.32 Å². The van der Waals surface area contributed by atoms with Gasteiger partial charge in [-0.05, 0) is 24.3 Å². The predicted octanol–water partition coefficient (Wildman–Crippen LogP) is 1.96. The zero-order valence-electron chi connectivity index (χ0n) is 11.3. The van der Waals surface area contributed by atoms with E-state index in [1.807, 2.05) is 12.2 Å². The van der Waals surface area contributed by atoms with E-state index in [1.165, 1.54) is 6.07 Å². The molecule has 0 saturated heterocycles. The van der Waals surface area contributed by atoms with Crippen LogP contribution in [-0.2, 0) is 16.1 Å². The Hall–Kier alpha value is -2.17. The zero-order chi connectivity index (χ0) is 15.0. The van der Waals surface area contributed by atoms with Gasteiger partial charge in [0.25, 0.3) is 0 Å². The molecule has 0 aliphatic heterocycles. The molecule has 21 heavy (non-hydrogen) atoms. The van der Waals surface area contributed by atoms with E-state index >= 15 is 0 Å². The molecule has 2 aliphatic rings. The van der Waals surface area contributed by atoms with Crippen molar-refractivity contribution in [1.29, 1.82) is 0 Å². The number of carbonyl (C=O) groups excluding carboxylic acids is 1. The maximum Gasteiger partial charge on any atom is 0.307 e. The summed E-state index contributed by atoms with van der Waals surface area (Å²) in [6.07, 6.45) is 4.54. The van der Waals surface area contributed by atoms with Crippen molar-refractivity contribution in [2.45, 2.75) is 13.0 Å². The van der Waals surface area contributed by atoms with Gasteiger partial charge in [-0.15, -0.1) is 0 Å². The van der Waals surface area contributed by atoms with Crippen LogP contribution in [0.2, 0.25) is 0 Å². The molecule has 4 nitrogen and oxygen atoms in total. The second-order valence-corrected chi connectivity index (χ2v) is 5.65. The van der Waals surface area contributed by atoms with Crippen LogP contribution >= 0.6 is 0 Å². The van der Waals surface area contributed by atoms with Gasteiger partial charge in [0.1, 0.15) is 5.82 Å². The van der Waals surface area contributed by atoms with Gasteiger partial charge >= 0.3 is 5.97 Å². The number of carbonyl (C=O) groups is 2. The fourth-order valence-electron chi connectivity index (χ4n) is 3.46. The molecule has 1 amide bonds. The molecule has 1 fully saturated rings. The van der Waals surface area contributed by atoms with Crippen molar-refractivity contribution in [3.8, 4) is 0 Å². The maximum atomic E-state index is 13.5. The summed E-state index contributed by atoms with van der Waals surface area (Å²) in [5, 5.41) is 12.0. The Morgan fingerprint density at radius 3 is 2.52 bits per heavy atom. The van der Waals surface area contributed by atoms with Crippen LogP contribution in [0.3, 0.4) is 0 Å². The molecule has 5 heteroatoms. The van der Waals surface area contributed by atoms with Crippen LogP contribution in [0.4, 0.5) is 4.39 Å². The second-order valence-electron chi connectivity index (χ2n) is 5.65. The number of carboxylic acid groups (broad SMARTS) is 1. The summed E-state index contributed by atoms with van der Waals surface area (Å²) in [6.45, 7) is 0.0788. The van der Waals surface area contributed by atoms with E-state index in [0.29, 0.717) is 5.56 Å². The molecule has 0 radical (unpaired) electrons. The summed E-state index contributed by atoms with van der Waals surface area (Å²) in [7, 11) is 0. The number of hydrogen-bond donors (Lipinski definition) is 2. The molecule has 2 bridgehead atoms. The summed E-state index contributed by atoms with van der Waals surface area (Å²) in [6, 6.07) is 6.22. The van der Waals surface area contributed by atoms with Crippen molar-refractivity contribution in [2.75, 3.05) is 0 Å². The highest BCUT2D eigenvalue weighted by molar-refractivity contribution is 5.86. The van der Waals surface area contributed by atoms with Crippen LogP contribution in [0, 0.1) is 29.5 Å². The van der Waals surface area contributed by atoms with Crippen molar-refractivity contribution in [3.63, 3.8) is 0 Å². The molecule has 110 valence electrons. The molecule has 2 aliphatic carbocycles. The Labute approximate surface area is 121 Å². The number of amides is 1. The summed E-state index contributed by atoms with van der Waals surface area (Å²) in [4.78, 5) is 23.7. The largest absolute Gasteiger partial charge is 0.481 e. The number of halogens is 1. The van der Waals surface area contributed by atoms with Crippen LogP contribution in [-0.4, -0.2) is 17.0 Å². The average molecular weight is 289 g/mol. The van der Waals surface area contributed by atoms with Crippen molar-refractivity contribution in [2.24, 2.45) is 23.7 Å². The van der Waals surface area contributed by atoms with Gasteiger partial charge in [-0.2, -0.15) is 0 Å². The minimum Gasteiger partial charge on any atom is -0.481 e. The lowest BCUT2D eigenvalue weighted by molar-refractivity contribution is -0.147. The first-order valence-corrected chi connectivity index (χ1v) is 7.00. The molecule has 2 unspecified atom stereocenters. The van der Waals surface area contributed by atoms with Crippen molar-refractivity contribution in [1.82, 2.24) is 5.32 Å². The fourth-order valence-corrected chi connectivity index (χ4v) is 3.46. The van der Waals surface area contributed by atoms with Gasteiger partial charge in [-0.3, -0.25) is 9.59 Å². The minimum atomic E-state index is -0.933. The van der Waals surface area contributed by atoms with Gasteiger partial charge in [0.2, 0.25) is 5.91 Å². The third-order valence-corrected chi connectivity index (χ3v) is 4.46. The highest BCUT2D eigenvalue weighted by Gasteiger charge is 2.51. The van der Waals surface area contributed by atoms with Crippen molar-refractivity contribution >= 4 is 11.9 Å². The monoisotopic (exact) mass is 289 g/mol. The van der Waals surface area contributed by atoms with E-state index in [1.54, 1.807) is 18.2 Å². The summed E-state index contributed by atoms with van der Waals surface area (Å²) in [5.74, 6) is -2.90. The first-order chi connectivity index (χ1) is 10.1. The number of carboxylic acids is 1. The molecule has 0 aromatic heterocycles. The first-order valence-electron chi connectivity index (χ1n) is 7.00. The van der Waals surface area contributed by atoms with Crippen molar-refractivity contribution in [3.05, 3.63) is 47.8 Å². The standard InChI is InChI=1S/C16H16FNO3/c17-12-4-2-1-3-11(12)8-18-15(19)13-9-5-6-10(7-9)14(13)16(20)21/h1-6,9-10,13-14H,7-8H2,(H,18,19)(H,20,21)/t9?,10?,13-,14+/m0/s1. The number of benzene rings is 1. The molecular formula is C16H16FNO3. The highest BCUT2D eigenvalue weighted by atomic mass is 19.1. The van der Waals surface area contributed by atoms with Gasteiger partial charge in [-0.1, -0.05) is 30.4 Å². The number of allylic oxidation sites excluding steroid dienone is 2. The maximum absolute atomic E-state index is 13.5. The Balaban J connectivity index is 1.69. The van der Waals surface area contributed by atoms with Gasteiger partial charge < -0.3 is 10.4 Å². The number of aliphatic carboxylic acids is 1. The van der Waals surface area contributed by atoms with Crippen LogP contribution in [0.1, 0.15) is 12.0 Å². The number of hydrogen-bond acceptors (Lipinski definition) is 2. The SMILES string of the molecule is O=C(O)[C@@H]1C2C=CC(C2)[C@@H]1C(=O)NCc1ccccc1F. The zero-order valence-corrected chi connectivity index (χ0v) is 11.3. The molecule has 2 N–H and O–H groups in total. The van der Waals surface area contributed by atoms with Gasteiger partial charge in [0.15, 0.2) is 0 Å². The molecule has 0 spiro atoms. The Kier molecular flexibility index (Phi) is 3.49. The van der Waals surface area contributed by atoms with Gasteiger partial charge in [0.05, 0.1) is 11.8 Å². The van der Waals surface area contributed by atoms with E-state index in [4.69, 9.17) is 0 Å². The first kappa shape index (κ1) is 13.8. The van der Waals surface area contributed by atoms with E-state index in [9.17, 15) is 19.1 Å². The fraction of sp³-hybridized carbons (Fsp3) is 0.375. The number of nitrogens with one attached hydrogen (secondary N) is 1. The number of rotatable bonds is 4.